The van der Waals surface area contributed by atoms with E-state index in [2.05, 4.69) is 17.5 Å². The molecular formula is C18H21N3O2. The van der Waals surface area contributed by atoms with Gasteiger partial charge in [-0.25, -0.2) is 5.43 Å². The molecule has 2 rings (SSSR count). The number of carbonyl (C=O) groups excluding carboxylic acids is 1. The number of nitrogens with zero attached hydrogens (tertiary/aromatic N) is 1. The Morgan fingerprint density at radius 3 is 2.52 bits per heavy atom. The van der Waals surface area contributed by atoms with Crippen molar-refractivity contribution in [1.29, 1.82) is 0 Å². The predicted molar refractivity (Wildman–Crippen MR) is 92.8 cm³/mol. The number of anilines is 1. The number of unbranched alkanes of at least 4 members (excludes halogenated alkanes) is 1. The third-order valence-electron chi connectivity index (χ3n) is 3.20. The molecule has 0 fully saturated rings. The second-order valence-electron chi connectivity index (χ2n) is 5.09. The van der Waals surface area contributed by atoms with Gasteiger partial charge in [-0.15, -0.1) is 0 Å². The van der Waals surface area contributed by atoms with Gasteiger partial charge in [-0.3, -0.25) is 4.79 Å². The Kier molecular flexibility index (Phi) is 6.17. The van der Waals surface area contributed by atoms with Crippen molar-refractivity contribution in [3.05, 3.63) is 59.7 Å². The fourth-order valence-electron chi connectivity index (χ4n) is 1.85. The first-order valence-electron chi connectivity index (χ1n) is 7.61. The van der Waals surface area contributed by atoms with Crippen LogP contribution in [0.4, 0.5) is 5.69 Å². The number of nitrogens with two attached hydrogens (primary N) is 1. The molecule has 0 aliphatic heterocycles. The molecule has 0 aliphatic carbocycles. The van der Waals surface area contributed by atoms with Crippen LogP contribution in [0.2, 0.25) is 0 Å². The molecule has 0 spiro atoms. The zero-order chi connectivity index (χ0) is 16.5. The van der Waals surface area contributed by atoms with Crippen molar-refractivity contribution in [1.82, 2.24) is 5.43 Å². The number of nitrogen functional groups attached to an aromatic ring is 1. The van der Waals surface area contributed by atoms with Gasteiger partial charge >= 0.3 is 0 Å². The highest BCUT2D eigenvalue weighted by Crippen LogP contribution is 2.11. The molecule has 0 heterocycles. The average Bonchev–Trinajstić information content (AvgIpc) is 2.57. The van der Waals surface area contributed by atoms with E-state index in [1.165, 1.54) is 0 Å². The number of benzene rings is 2. The highest BCUT2D eigenvalue weighted by molar-refractivity contribution is 5.95. The molecule has 2 aromatic rings. The van der Waals surface area contributed by atoms with Crippen LogP contribution in [-0.4, -0.2) is 18.7 Å². The minimum atomic E-state index is -0.277. The Hall–Kier alpha value is -2.82. The van der Waals surface area contributed by atoms with Gasteiger partial charge in [0.25, 0.3) is 5.91 Å². The Morgan fingerprint density at radius 1 is 1.17 bits per heavy atom. The molecule has 3 N–H and O–H groups in total. The number of hydrazone groups is 1. The van der Waals surface area contributed by atoms with E-state index >= 15 is 0 Å². The number of carbonyl (C=O) groups is 1. The maximum atomic E-state index is 11.9. The lowest BCUT2D eigenvalue weighted by molar-refractivity contribution is 0.0955. The van der Waals surface area contributed by atoms with E-state index in [1.807, 2.05) is 24.3 Å². The normalized spacial score (nSPS) is 10.7. The monoisotopic (exact) mass is 311 g/mol. The highest BCUT2D eigenvalue weighted by atomic mass is 16.5. The van der Waals surface area contributed by atoms with Gasteiger partial charge < -0.3 is 10.5 Å². The van der Waals surface area contributed by atoms with Gasteiger partial charge in [0.15, 0.2) is 0 Å². The Bertz CT molecular complexity index is 649. The number of rotatable bonds is 7. The smallest absolute Gasteiger partial charge is 0.271 e. The second-order valence-corrected chi connectivity index (χ2v) is 5.09. The van der Waals surface area contributed by atoms with E-state index in [0.717, 1.165) is 30.8 Å². The van der Waals surface area contributed by atoms with Gasteiger partial charge in [-0.2, -0.15) is 5.10 Å². The van der Waals surface area contributed by atoms with Gasteiger partial charge in [-0.1, -0.05) is 13.3 Å². The van der Waals surface area contributed by atoms with Crippen LogP contribution in [0, 0.1) is 0 Å². The van der Waals surface area contributed by atoms with E-state index in [0.29, 0.717) is 11.3 Å². The lowest BCUT2D eigenvalue weighted by Crippen LogP contribution is -2.17. The van der Waals surface area contributed by atoms with E-state index in [1.54, 1.807) is 30.5 Å². The first-order chi connectivity index (χ1) is 11.2. The summed E-state index contributed by atoms with van der Waals surface area (Å²) in [6.07, 6.45) is 3.74. The molecule has 2 aromatic carbocycles. The topological polar surface area (TPSA) is 76.7 Å². The third-order valence-corrected chi connectivity index (χ3v) is 3.20. The molecule has 5 heteroatoms. The van der Waals surface area contributed by atoms with Crippen LogP contribution in [0.25, 0.3) is 0 Å². The first-order valence-corrected chi connectivity index (χ1v) is 7.61. The van der Waals surface area contributed by atoms with Crippen molar-refractivity contribution in [2.75, 3.05) is 12.3 Å². The summed E-state index contributed by atoms with van der Waals surface area (Å²) in [6.45, 7) is 2.85. The minimum absolute atomic E-state index is 0.277. The van der Waals surface area contributed by atoms with Gasteiger partial charge in [-0.05, 0) is 60.5 Å². The lowest BCUT2D eigenvalue weighted by atomic mass is 10.2. The lowest BCUT2D eigenvalue weighted by Gasteiger charge is -2.05. The predicted octanol–water partition coefficient (Wildman–Crippen LogP) is 3.21. The van der Waals surface area contributed by atoms with Crippen LogP contribution in [0.1, 0.15) is 35.7 Å². The maximum Gasteiger partial charge on any atom is 0.271 e. The largest absolute Gasteiger partial charge is 0.494 e. The average molecular weight is 311 g/mol. The van der Waals surface area contributed by atoms with Crippen LogP contribution in [-0.2, 0) is 0 Å². The summed E-state index contributed by atoms with van der Waals surface area (Å²) < 4.78 is 5.59. The van der Waals surface area contributed by atoms with Crippen LogP contribution in [0.15, 0.2) is 53.6 Å². The van der Waals surface area contributed by atoms with Crippen molar-refractivity contribution in [3.63, 3.8) is 0 Å². The summed E-state index contributed by atoms with van der Waals surface area (Å²) in [5, 5.41) is 3.95. The standard InChI is InChI=1S/C18H21N3O2/c1-2-3-12-23-17-10-4-14(5-11-17)13-20-21-18(22)15-6-8-16(19)9-7-15/h4-11,13H,2-3,12,19H2,1H3,(H,21,22)/b20-13-. The van der Waals surface area contributed by atoms with Crippen molar-refractivity contribution < 1.29 is 9.53 Å². The summed E-state index contributed by atoms with van der Waals surface area (Å²) in [7, 11) is 0. The molecule has 0 aliphatic rings. The van der Waals surface area contributed by atoms with Gasteiger partial charge in [0.05, 0.1) is 12.8 Å². The molecule has 120 valence electrons. The van der Waals surface area contributed by atoms with Gasteiger partial charge in [0, 0.05) is 11.3 Å². The molecule has 23 heavy (non-hydrogen) atoms. The zero-order valence-electron chi connectivity index (χ0n) is 13.2. The van der Waals surface area contributed by atoms with E-state index < -0.39 is 0 Å². The number of hydrogen-bond acceptors (Lipinski definition) is 4. The van der Waals surface area contributed by atoms with E-state index in [4.69, 9.17) is 10.5 Å². The van der Waals surface area contributed by atoms with Crippen molar-refractivity contribution in [2.24, 2.45) is 5.10 Å². The van der Waals surface area contributed by atoms with Gasteiger partial charge in [0.1, 0.15) is 5.75 Å². The number of nitrogens with one attached hydrogen (secondary N) is 1. The Balaban J connectivity index is 1.85. The van der Waals surface area contributed by atoms with Crippen LogP contribution >= 0.6 is 0 Å². The number of hydrogen-bond donors (Lipinski definition) is 2. The summed E-state index contributed by atoms with van der Waals surface area (Å²) in [6, 6.07) is 14.2. The fourth-order valence-corrected chi connectivity index (χ4v) is 1.85. The Morgan fingerprint density at radius 2 is 1.87 bits per heavy atom. The van der Waals surface area contributed by atoms with Crippen molar-refractivity contribution >= 4 is 17.8 Å². The summed E-state index contributed by atoms with van der Waals surface area (Å²) in [4.78, 5) is 11.9. The molecule has 0 unspecified atom stereocenters. The fraction of sp³-hybridized carbons (Fsp3) is 0.222. The summed E-state index contributed by atoms with van der Waals surface area (Å²) in [5.41, 5.74) is 10.1. The molecule has 5 nitrogen and oxygen atoms in total. The third kappa shape index (κ3) is 5.47. The van der Waals surface area contributed by atoms with Crippen LogP contribution in [0.5, 0.6) is 5.75 Å². The van der Waals surface area contributed by atoms with E-state index in [9.17, 15) is 4.79 Å². The maximum absolute atomic E-state index is 11.9. The molecule has 1 amide bonds. The number of amides is 1. The van der Waals surface area contributed by atoms with Crippen LogP contribution < -0.4 is 15.9 Å². The van der Waals surface area contributed by atoms with Crippen molar-refractivity contribution in [3.8, 4) is 5.75 Å². The molecule has 0 saturated carbocycles. The van der Waals surface area contributed by atoms with Gasteiger partial charge in [0.2, 0.25) is 0 Å². The molecule has 0 atom stereocenters. The summed E-state index contributed by atoms with van der Waals surface area (Å²) in [5.74, 6) is 0.558. The molecule has 0 aromatic heterocycles. The number of ether oxygens (including phenoxy) is 1. The minimum Gasteiger partial charge on any atom is -0.494 e. The first kappa shape index (κ1) is 16.5. The van der Waals surface area contributed by atoms with E-state index in [-0.39, 0.29) is 5.91 Å². The Labute approximate surface area is 136 Å². The highest BCUT2D eigenvalue weighted by Gasteiger charge is 2.02. The quantitative estimate of drug-likeness (QED) is 0.357. The molecule has 0 saturated heterocycles. The molecule has 0 radical (unpaired) electrons. The summed E-state index contributed by atoms with van der Waals surface area (Å²) >= 11 is 0. The zero-order valence-corrected chi connectivity index (χ0v) is 13.2. The SMILES string of the molecule is CCCCOc1ccc(/C=N\NC(=O)c2ccc(N)cc2)cc1. The second kappa shape index (κ2) is 8.58. The van der Waals surface area contributed by atoms with Crippen LogP contribution in [0.3, 0.4) is 0 Å². The molecule has 0 bridgehead atoms. The van der Waals surface area contributed by atoms with Crippen molar-refractivity contribution in [2.45, 2.75) is 19.8 Å². The molecular weight excluding hydrogens is 290 g/mol.